The fraction of sp³-hybridized carbons (Fsp3) is 0.533. The average molecular weight is 309 g/mol. The molecule has 0 aliphatic heterocycles. The number of amides is 2. The maximum Gasteiger partial charge on any atom is 0.243 e. The van der Waals surface area contributed by atoms with Crippen molar-refractivity contribution < 1.29 is 19.5 Å². The van der Waals surface area contributed by atoms with Gasteiger partial charge in [0, 0.05) is 19.0 Å². The van der Waals surface area contributed by atoms with Crippen molar-refractivity contribution in [3.05, 3.63) is 24.0 Å². The number of carbonyl (C=O) groups excluding carboxylic acids is 2. The van der Waals surface area contributed by atoms with Gasteiger partial charge in [0.05, 0.1) is 25.6 Å². The van der Waals surface area contributed by atoms with E-state index in [0.717, 1.165) is 25.7 Å². The van der Waals surface area contributed by atoms with Crippen LogP contribution in [0, 0.1) is 0 Å². The number of aromatic nitrogens is 1. The number of hydrogen-bond acceptors (Lipinski definition) is 5. The van der Waals surface area contributed by atoms with Crippen LogP contribution in [0.2, 0.25) is 0 Å². The monoisotopic (exact) mass is 309 g/mol. The molecule has 0 fully saturated rings. The summed E-state index contributed by atoms with van der Waals surface area (Å²) in [7, 11) is 1.41. The predicted octanol–water partition coefficient (Wildman–Crippen LogP) is 1.53. The summed E-state index contributed by atoms with van der Waals surface area (Å²) in [5.74, 6) is -0.203. The number of nitrogens with one attached hydrogen (secondary N) is 2. The summed E-state index contributed by atoms with van der Waals surface area (Å²) in [5.41, 5.74) is 3.51. The number of aliphatic hydroxyl groups is 1. The summed E-state index contributed by atoms with van der Waals surface area (Å²) in [4.78, 5) is 31.3. The van der Waals surface area contributed by atoms with Crippen molar-refractivity contribution in [2.75, 3.05) is 12.4 Å². The van der Waals surface area contributed by atoms with Gasteiger partial charge in [-0.3, -0.25) is 19.4 Å². The zero-order valence-corrected chi connectivity index (χ0v) is 12.8. The first-order valence-electron chi connectivity index (χ1n) is 7.32. The van der Waals surface area contributed by atoms with Gasteiger partial charge in [0.15, 0.2) is 0 Å². The van der Waals surface area contributed by atoms with Crippen molar-refractivity contribution in [3.8, 4) is 0 Å². The summed E-state index contributed by atoms with van der Waals surface area (Å²) >= 11 is 0. The number of hydrogen-bond donors (Lipinski definition) is 3. The fourth-order valence-electron chi connectivity index (χ4n) is 1.96. The number of nitrogens with zero attached hydrogens (tertiary/aromatic N) is 1. The maximum absolute atomic E-state index is 11.8. The van der Waals surface area contributed by atoms with Gasteiger partial charge >= 0.3 is 0 Å². The van der Waals surface area contributed by atoms with Gasteiger partial charge < -0.3 is 10.4 Å². The molecule has 0 bridgehead atoms. The molecule has 0 aliphatic rings. The van der Waals surface area contributed by atoms with Crippen molar-refractivity contribution in [2.24, 2.45) is 0 Å². The van der Waals surface area contributed by atoms with E-state index in [4.69, 9.17) is 5.11 Å². The molecule has 0 unspecified atom stereocenters. The first-order valence-corrected chi connectivity index (χ1v) is 7.32. The SMILES string of the molecule is CONC(=O)CCCCCCC(=O)Nc1cncc(CO)c1. The van der Waals surface area contributed by atoms with Gasteiger partial charge in [0.2, 0.25) is 11.8 Å². The summed E-state index contributed by atoms with van der Waals surface area (Å²) in [5, 5.41) is 11.8. The van der Waals surface area contributed by atoms with Gasteiger partial charge in [-0.25, -0.2) is 5.48 Å². The minimum atomic E-state index is -0.128. The Morgan fingerprint density at radius 1 is 1.14 bits per heavy atom. The van der Waals surface area contributed by atoms with E-state index in [1.165, 1.54) is 7.11 Å². The zero-order chi connectivity index (χ0) is 16.2. The number of rotatable bonds is 10. The summed E-state index contributed by atoms with van der Waals surface area (Å²) in [6.45, 7) is -0.104. The topological polar surface area (TPSA) is 101 Å². The number of pyridine rings is 1. The molecule has 22 heavy (non-hydrogen) atoms. The van der Waals surface area contributed by atoms with Crippen LogP contribution in [0.25, 0.3) is 0 Å². The van der Waals surface area contributed by atoms with Gasteiger partial charge in [-0.05, 0) is 24.5 Å². The van der Waals surface area contributed by atoms with E-state index in [1.54, 1.807) is 18.5 Å². The van der Waals surface area contributed by atoms with Gasteiger partial charge in [-0.15, -0.1) is 0 Å². The third kappa shape index (κ3) is 7.70. The molecule has 0 aliphatic carbocycles. The number of anilines is 1. The fourth-order valence-corrected chi connectivity index (χ4v) is 1.96. The summed E-state index contributed by atoms with van der Waals surface area (Å²) in [6.07, 6.45) is 7.28. The van der Waals surface area contributed by atoms with E-state index in [1.807, 2.05) is 0 Å². The maximum atomic E-state index is 11.8. The van der Waals surface area contributed by atoms with Crippen LogP contribution >= 0.6 is 0 Å². The molecular weight excluding hydrogens is 286 g/mol. The average Bonchev–Trinajstić information content (AvgIpc) is 2.51. The van der Waals surface area contributed by atoms with Crippen molar-refractivity contribution >= 4 is 17.5 Å². The molecule has 2 amide bonds. The Bertz CT molecular complexity index is 480. The van der Waals surface area contributed by atoms with Crippen molar-refractivity contribution in [3.63, 3.8) is 0 Å². The Morgan fingerprint density at radius 3 is 2.45 bits per heavy atom. The van der Waals surface area contributed by atoms with Crippen LogP contribution in [-0.4, -0.2) is 29.0 Å². The standard InChI is InChI=1S/C15H23N3O4/c1-22-18-15(21)7-5-3-2-4-6-14(20)17-13-8-12(11-19)9-16-10-13/h8-10,19H,2-7,11H2,1H3,(H,17,20)(H,18,21). The van der Waals surface area contributed by atoms with Crippen LogP contribution in [-0.2, 0) is 21.0 Å². The van der Waals surface area contributed by atoms with Gasteiger partial charge in [-0.2, -0.15) is 0 Å². The van der Waals surface area contributed by atoms with Crippen molar-refractivity contribution in [1.29, 1.82) is 0 Å². The van der Waals surface area contributed by atoms with Crippen LogP contribution in [0.1, 0.15) is 44.1 Å². The summed E-state index contributed by atoms with van der Waals surface area (Å²) < 4.78 is 0. The highest BCUT2D eigenvalue weighted by atomic mass is 16.6. The molecule has 1 aromatic rings. The third-order valence-corrected chi connectivity index (χ3v) is 3.03. The number of carbonyl (C=O) groups is 2. The molecule has 122 valence electrons. The molecule has 1 aromatic heterocycles. The first kappa shape index (κ1) is 18.1. The second-order valence-electron chi connectivity index (χ2n) is 4.93. The first-order chi connectivity index (χ1) is 10.7. The van der Waals surface area contributed by atoms with E-state index in [2.05, 4.69) is 20.6 Å². The summed E-state index contributed by atoms with van der Waals surface area (Å²) in [6, 6.07) is 1.69. The van der Waals surface area contributed by atoms with Crippen molar-refractivity contribution in [1.82, 2.24) is 10.5 Å². The lowest BCUT2D eigenvalue weighted by Crippen LogP contribution is -2.21. The van der Waals surface area contributed by atoms with Crippen LogP contribution < -0.4 is 10.8 Å². The Labute approximate surface area is 130 Å². The number of hydroxylamine groups is 1. The molecule has 0 saturated heterocycles. The quantitative estimate of drug-likeness (QED) is 0.449. The minimum Gasteiger partial charge on any atom is -0.392 e. The Morgan fingerprint density at radius 2 is 1.82 bits per heavy atom. The van der Waals surface area contributed by atoms with Crippen LogP contribution in [0.3, 0.4) is 0 Å². The second-order valence-corrected chi connectivity index (χ2v) is 4.93. The molecule has 0 spiro atoms. The molecule has 0 saturated carbocycles. The molecule has 3 N–H and O–H groups in total. The Kier molecular flexibility index (Phi) is 8.78. The molecule has 0 atom stereocenters. The molecule has 0 aromatic carbocycles. The van der Waals surface area contributed by atoms with Gasteiger partial charge in [0.1, 0.15) is 0 Å². The minimum absolute atomic E-state index is 0.0750. The van der Waals surface area contributed by atoms with E-state index >= 15 is 0 Å². The Balaban J connectivity index is 2.12. The smallest absolute Gasteiger partial charge is 0.243 e. The molecule has 1 rings (SSSR count). The molecule has 7 nitrogen and oxygen atoms in total. The molecule has 7 heteroatoms. The van der Waals surface area contributed by atoms with E-state index in [0.29, 0.717) is 24.1 Å². The van der Waals surface area contributed by atoms with E-state index < -0.39 is 0 Å². The normalized spacial score (nSPS) is 10.3. The van der Waals surface area contributed by atoms with E-state index in [9.17, 15) is 9.59 Å². The van der Waals surface area contributed by atoms with Gasteiger partial charge in [0.25, 0.3) is 0 Å². The Hall–Kier alpha value is -1.99. The highest BCUT2D eigenvalue weighted by Gasteiger charge is 2.04. The van der Waals surface area contributed by atoms with Crippen molar-refractivity contribution in [2.45, 2.75) is 45.1 Å². The predicted molar refractivity (Wildman–Crippen MR) is 81.6 cm³/mol. The van der Waals surface area contributed by atoms with E-state index in [-0.39, 0.29) is 18.4 Å². The van der Waals surface area contributed by atoms with Crippen LogP contribution in [0.4, 0.5) is 5.69 Å². The third-order valence-electron chi connectivity index (χ3n) is 3.03. The van der Waals surface area contributed by atoms with Crippen LogP contribution in [0.5, 0.6) is 0 Å². The molecule has 0 radical (unpaired) electrons. The largest absolute Gasteiger partial charge is 0.392 e. The van der Waals surface area contributed by atoms with Crippen LogP contribution in [0.15, 0.2) is 18.5 Å². The second kappa shape index (κ2) is 10.7. The van der Waals surface area contributed by atoms with Gasteiger partial charge in [-0.1, -0.05) is 12.8 Å². The lowest BCUT2D eigenvalue weighted by Gasteiger charge is -2.06. The lowest BCUT2D eigenvalue weighted by atomic mass is 10.1. The molecular formula is C15H23N3O4. The number of unbranched alkanes of at least 4 members (excludes halogenated alkanes) is 3. The number of aliphatic hydroxyl groups excluding tert-OH is 1. The lowest BCUT2D eigenvalue weighted by molar-refractivity contribution is -0.131. The molecule has 1 heterocycles. The highest BCUT2D eigenvalue weighted by molar-refractivity contribution is 5.90. The zero-order valence-electron chi connectivity index (χ0n) is 12.8. The highest BCUT2D eigenvalue weighted by Crippen LogP contribution is 2.10.